The Kier molecular flexibility index (Phi) is 4.09. The first-order valence-corrected chi connectivity index (χ1v) is 7.74. The van der Waals surface area contributed by atoms with Gasteiger partial charge in [-0.3, -0.25) is 14.8 Å². The highest BCUT2D eigenvalue weighted by molar-refractivity contribution is 7.13. The molecule has 0 atom stereocenters. The third kappa shape index (κ3) is 3.15. The smallest absolute Gasteiger partial charge is 0.363 e. The van der Waals surface area contributed by atoms with Crippen LogP contribution >= 0.6 is 11.3 Å². The van der Waals surface area contributed by atoms with Gasteiger partial charge in [0.1, 0.15) is 10.8 Å². The number of carbonyl (C=O) groups excluding carboxylic acids is 1. The Morgan fingerprint density at radius 1 is 1.42 bits per heavy atom. The van der Waals surface area contributed by atoms with Crippen LogP contribution in [0.5, 0.6) is 5.75 Å². The minimum Gasteiger partial charge on any atom is -0.421 e. The van der Waals surface area contributed by atoms with Gasteiger partial charge in [-0.2, -0.15) is 5.10 Å². The fourth-order valence-electron chi connectivity index (χ4n) is 2.00. The maximum absolute atomic E-state index is 12.2. The van der Waals surface area contributed by atoms with Gasteiger partial charge in [-0.05, 0) is 18.6 Å². The van der Waals surface area contributed by atoms with Crippen LogP contribution in [-0.4, -0.2) is 25.7 Å². The summed E-state index contributed by atoms with van der Waals surface area (Å²) in [5, 5.41) is 17.1. The molecule has 0 radical (unpaired) electrons. The minimum atomic E-state index is -0.662. The highest BCUT2D eigenvalue weighted by Gasteiger charge is 2.17. The zero-order valence-electron chi connectivity index (χ0n) is 12.8. The first-order chi connectivity index (χ1) is 11.4. The number of esters is 1. The van der Waals surface area contributed by atoms with Gasteiger partial charge in [0.2, 0.25) is 0 Å². The predicted octanol–water partition coefficient (Wildman–Crippen LogP) is 2.98. The van der Waals surface area contributed by atoms with Crippen LogP contribution in [0.2, 0.25) is 0 Å². The third-order valence-electron chi connectivity index (χ3n) is 3.25. The normalized spacial score (nSPS) is 10.6. The number of benzene rings is 1. The Hall–Kier alpha value is -3.07. The molecule has 122 valence electrons. The number of non-ortho nitro benzene ring substituents is 1. The number of rotatable bonds is 4. The first-order valence-electron chi connectivity index (χ1n) is 6.86. The van der Waals surface area contributed by atoms with E-state index in [1.165, 1.54) is 29.5 Å². The van der Waals surface area contributed by atoms with Gasteiger partial charge in [-0.15, -0.1) is 11.3 Å². The number of aromatic nitrogens is 3. The van der Waals surface area contributed by atoms with E-state index in [1.807, 2.05) is 0 Å². The summed E-state index contributed by atoms with van der Waals surface area (Å²) in [5.74, 6) is -0.518. The number of carbonyl (C=O) groups is 1. The summed E-state index contributed by atoms with van der Waals surface area (Å²) in [6.07, 6.45) is 3.44. The summed E-state index contributed by atoms with van der Waals surface area (Å²) in [7, 11) is 1.79. The van der Waals surface area contributed by atoms with Gasteiger partial charge in [0.05, 0.1) is 17.2 Å². The van der Waals surface area contributed by atoms with E-state index in [0.717, 1.165) is 5.56 Å². The molecule has 0 aliphatic rings. The van der Waals surface area contributed by atoms with Crippen LogP contribution < -0.4 is 4.74 Å². The number of hydrogen-bond acceptors (Lipinski definition) is 7. The second-order valence-corrected chi connectivity index (χ2v) is 5.90. The number of aryl methyl sites for hydroxylation is 2. The Labute approximate surface area is 140 Å². The number of nitrogens with zero attached hydrogens (tertiary/aromatic N) is 4. The van der Waals surface area contributed by atoms with Gasteiger partial charge in [-0.25, -0.2) is 9.78 Å². The summed E-state index contributed by atoms with van der Waals surface area (Å²) in [6.45, 7) is 1.70. The molecule has 3 aromatic rings. The van der Waals surface area contributed by atoms with E-state index in [9.17, 15) is 14.9 Å². The van der Waals surface area contributed by atoms with Gasteiger partial charge in [0, 0.05) is 30.3 Å². The largest absolute Gasteiger partial charge is 0.421 e. The van der Waals surface area contributed by atoms with Crippen LogP contribution in [0.15, 0.2) is 36.0 Å². The van der Waals surface area contributed by atoms with Crippen LogP contribution in [0.3, 0.4) is 0 Å². The predicted molar refractivity (Wildman–Crippen MR) is 87.1 cm³/mol. The zero-order valence-corrected chi connectivity index (χ0v) is 13.6. The monoisotopic (exact) mass is 344 g/mol. The van der Waals surface area contributed by atoms with Crippen LogP contribution in [0.25, 0.3) is 10.6 Å². The molecule has 8 nitrogen and oxygen atoms in total. The Bertz CT molecular complexity index is 931. The van der Waals surface area contributed by atoms with E-state index in [-0.39, 0.29) is 17.1 Å². The van der Waals surface area contributed by atoms with E-state index in [2.05, 4.69) is 10.1 Å². The van der Waals surface area contributed by atoms with Crippen LogP contribution in [0.4, 0.5) is 5.69 Å². The van der Waals surface area contributed by atoms with Crippen molar-refractivity contribution in [3.05, 3.63) is 57.3 Å². The first kappa shape index (κ1) is 15.8. The van der Waals surface area contributed by atoms with Crippen molar-refractivity contribution in [3.63, 3.8) is 0 Å². The number of hydrogen-bond donors (Lipinski definition) is 0. The zero-order chi connectivity index (χ0) is 17.3. The lowest BCUT2D eigenvalue weighted by molar-refractivity contribution is -0.384. The van der Waals surface area contributed by atoms with Crippen molar-refractivity contribution in [2.24, 2.45) is 7.05 Å². The van der Waals surface area contributed by atoms with Gasteiger partial charge in [0.25, 0.3) is 5.69 Å². The van der Waals surface area contributed by atoms with Crippen molar-refractivity contribution >= 4 is 23.0 Å². The Morgan fingerprint density at radius 2 is 2.21 bits per heavy atom. The lowest BCUT2D eigenvalue weighted by Gasteiger charge is -2.05. The van der Waals surface area contributed by atoms with Crippen LogP contribution in [0.1, 0.15) is 16.1 Å². The van der Waals surface area contributed by atoms with Gasteiger partial charge < -0.3 is 4.74 Å². The molecule has 0 unspecified atom stereocenters. The summed E-state index contributed by atoms with van der Waals surface area (Å²) in [6, 6.07) is 4.11. The van der Waals surface area contributed by atoms with E-state index in [1.54, 1.807) is 36.4 Å². The van der Waals surface area contributed by atoms with E-state index < -0.39 is 10.9 Å². The summed E-state index contributed by atoms with van der Waals surface area (Å²) < 4.78 is 6.90. The lowest BCUT2D eigenvalue weighted by atomic mass is 10.2. The number of nitro benzene ring substituents is 1. The SMILES string of the molecule is Cc1ccc([N+](=O)[O-])cc1OC(=O)c1csc(-c2cnn(C)c2)n1. The number of thiazole rings is 1. The molecule has 0 bridgehead atoms. The van der Waals surface area contributed by atoms with Crippen molar-refractivity contribution in [2.75, 3.05) is 0 Å². The molecular formula is C15H12N4O4S. The number of ether oxygens (including phenoxy) is 1. The Morgan fingerprint density at radius 3 is 2.88 bits per heavy atom. The fourth-order valence-corrected chi connectivity index (χ4v) is 2.76. The molecule has 3 rings (SSSR count). The molecule has 1 aromatic carbocycles. The van der Waals surface area contributed by atoms with Crippen LogP contribution in [-0.2, 0) is 7.05 Å². The van der Waals surface area contributed by atoms with Crippen molar-refractivity contribution < 1.29 is 14.5 Å². The quantitative estimate of drug-likeness (QED) is 0.312. The van der Waals surface area contributed by atoms with Crippen LogP contribution in [0, 0.1) is 17.0 Å². The summed E-state index contributed by atoms with van der Waals surface area (Å²) >= 11 is 1.29. The van der Waals surface area contributed by atoms with Crippen molar-refractivity contribution in [1.29, 1.82) is 0 Å². The molecule has 0 saturated carbocycles. The van der Waals surface area contributed by atoms with E-state index in [4.69, 9.17) is 4.74 Å². The highest BCUT2D eigenvalue weighted by Crippen LogP contribution is 2.27. The van der Waals surface area contributed by atoms with E-state index >= 15 is 0 Å². The molecule has 0 aliphatic heterocycles. The molecule has 2 heterocycles. The highest BCUT2D eigenvalue weighted by atomic mass is 32.1. The van der Waals surface area contributed by atoms with Gasteiger partial charge in [0.15, 0.2) is 5.69 Å². The molecule has 9 heteroatoms. The van der Waals surface area contributed by atoms with Gasteiger partial charge >= 0.3 is 5.97 Å². The van der Waals surface area contributed by atoms with E-state index in [0.29, 0.717) is 10.6 Å². The van der Waals surface area contributed by atoms with Crippen molar-refractivity contribution in [2.45, 2.75) is 6.92 Å². The molecule has 24 heavy (non-hydrogen) atoms. The average molecular weight is 344 g/mol. The average Bonchev–Trinajstić information content (AvgIpc) is 3.17. The summed E-state index contributed by atoms with van der Waals surface area (Å²) in [5.41, 5.74) is 1.42. The number of nitro groups is 1. The molecule has 0 N–H and O–H groups in total. The third-order valence-corrected chi connectivity index (χ3v) is 4.14. The van der Waals surface area contributed by atoms with Crippen molar-refractivity contribution in [3.8, 4) is 16.3 Å². The molecule has 0 amide bonds. The summed E-state index contributed by atoms with van der Waals surface area (Å²) in [4.78, 5) is 26.7. The second-order valence-electron chi connectivity index (χ2n) is 5.04. The fraction of sp³-hybridized carbons (Fsp3) is 0.133. The topological polar surface area (TPSA) is 100 Å². The lowest BCUT2D eigenvalue weighted by Crippen LogP contribution is -2.10. The Balaban J connectivity index is 1.82. The molecule has 0 spiro atoms. The molecular weight excluding hydrogens is 332 g/mol. The molecule has 0 aliphatic carbocycles. The van der Waals surface area contributed by atoms with Crippen molar-refractivity contribution in [1.82, 2.24) is 14.8 Å². The maximum Gasteiger partial charge on any atom is 0.363 e. The van der Waals surface area contributed by atoms with Gasteiger partial charge in [-0.1, -0.05) is 0 Å². The molecule has 0 saturated heterocycles. The maximum atomic E-state index is 12.2. The minimum absolute atomic E-state index is 0.141. The second kappa shape index (κ2) is 6.20. The molecule has 0 fully saturated rings. The standard InChI is InChI=1S/C15H12N4O4S/c1-9-3-4-11(19(21)22)5-13(9)23-15(20)12-8-24-14(17-12)10-6-16-18(2)7-10/h3-8H,1-2H3. The molecule has 2 aromatic heterocycles.